The molecule has 1 aliphatic heterocycles. The number of rotatable bonds is 6. The molecular formula is C20H19F4NO3. The van der Waals surface area contributed by atoms with Crippen LogP contribution in [0.3, 0.4) is 0 Å². The Balaban J connectivity index is 1.57. The first-order valence-corrected chi connectivity index (χ1v) is 8.70. The summed E-state index contributed by atoms with van der Waals surface area (Å²) in [4.78, 5) is 12.7. The fourth-order valence-electron chi connectivity index (χ4n) is 3.29. The average molecular weight is 397 g/mol. The van der Waals surface area contributed by atoms with Crippen molar-refractivity contribution in [2.75, 3.05) is 13.1 Å². The molecule has 1 aliphatic rings. The van der Waals surface area contributed by atoms with E-state index in [-0.39, 0.29) is 32.1 Å². The van der Waals surface area contributed by atoms with Crippen molar-refractivity contribution in [2.24, 2.45) is 11.8 Å². The fraction of sp³-hybridized carbons (Fsp3) is 0.350. The number of likely N-dealkylation sites (tertiary alicyclic amines) is 1. The van der Waals surface area contributed by atoms with Gasteiger partial charge < -0.3 is 9.84 Å². The van der Waals surface area contributed by atoms with Gasteiger partial charge in [0.1, 0.15) is 18.2 Å². The predicted octanol–water partition coefficient (Wildman–Crippen LogP) is 4.10. The number of ether oxygens (including phenoxy) is 1. The minimum Gasteiger partial charge on any atom is -0.489 e. The molecule has 1 fully saturated rings. The van der Waals surface area contributed by atoms with Crippen LogP contribution in [0.5, 0.6) is 5.75 Å². The lowest BCUT2D eigenvalue weighted by Crippen LogP contribution is -2.33. The van der Waals surface area contributed by atoms with Gasteiger partial charge in [0.25, 0.3) is 0 Å². The van der Waals surface area contributed by atoms with Gasteiger partial charge in [0.05, 0.1) is 11.8 Å². The van der Waals surface area contributed by atoms with Crippen LogP contribution in [0, 0.1) is 17.7 Å². The molecule has 28 heavy (non-hydrogen) atoms. The smallest absolute Gasteiger partial charge is 0.393 e. The van der Waals surface area contributed by atoms with E-state index in [0.717, 1.165) is 11.1 Å². The molecule has 0 aliphatic carbocycles. The van der Waals surface area contributed by atoms with Gasteiger partial charge >= 0.3 is 12.1 Å². The second-order valence-electron chi connectivity index (χ2n) is 6.85. The Morgan fingerprint density at radius 2 is 1.64 bits per heavy atom. The molecule has 8 heteroatoms. The first-order valence-electron chi connectivity index (χ1n) is 8.70. The average Bonchev–Trinajstić information content (AvgIpc) is 3.07. The third kappa shape index (κ3) is 5.01. The highest BCUT2D eigenvalue weighted by molar-refractivity contribution is 5.71. The van der Waals surface area contributed by atoms with Crippen molar-refractivity contribution >= 4 is 5.97 Å². The Morgan fingerprint density at radius 3 is 2.18 bits per heavy atom. The summed E-state index contributed by atoms with van der Waals surface area (Å²) in [5, 5.41) is 9.07. The van der Waals surface area contributed by atoms with Gasteiger partial charge in [-0.15, -0.1) is 0 Å². The minimum absolute atomic E-state index is 0.137. The van der Waals surface area contributed by atoms with Gasteiger partial charge in [0.15, 0.2) is 0 Å². The highest BCUT2D eigenvalue weighted by Crippen LogP contribution is 2.38. The van der Waals surface area contributed by atoms with Crippen LogP contribution in [-0.4, -0.2) is 35.2 Å². The van der Waals surface area contributed by atoms with E-state index in [1.165, 1.54) is 17.0 Å². The van der Waals surface area contributed by atoms with Gasteiger partial charge in [-0.05, 0) is 35.4 Å². The highest BCUT2D eigenvalue weighted by atomic mass is 19.4. The van der Waals surface area contributed by atoms with Gasteiger partial charge in [-0.3, -0.25) is 9.69 Å². The maximum Gasteiger partial charge on any atom is 0.393 e. The maximum atomic E-state index is 13.1. The second kappa shape index (κ2) is 8.18. The molecule has 2 aromatic carbocycles. The van der Waals surface area contributed by atoms with E-state index in [1.807, 2.05) is 0 Å². The van der Waals surface area contributed by atoms with E-state index in [0.29, 0.717) is 5.75 Å². The quantitative estimate of drug-likeness (QED) is 0.746. The molecule has 2 atom stereocenters. The van der Waals surface area contributed by atoms with Crippen molar-refractivity contribution < 1.29 is 32.2 Å². The number of hydrogen-bond donors (Lipinski definition) is 1. The number of carboxylic acid groups (broad SMARTS) is 1. The summed E-state index contributed by atoms with van der Waals surface area (Å²) in [6.07, 6.45) is -4.53. The van der Waals surface area contributed by atoms with Crippen molar-refractivity contribution in [3.8, 4) is 5.75 Å². The van der Waals surface area contributed by atoms with Crippen LogP contribution in [0.25, 0.3) is 0 Å². The van der Waals surface area contributed by atoms with Gasteiger partial charge in [0.2, 0.25) is 0 Å². The predicted molar refractivity (Wildman–Crippen MR) is 93.1 cm³/mol. The first kappa shape index (κ1) is 20.1. The summed E-state index contributed by atoms with van der Waals surface area (Å²) in [5.74, 6) is -4.48. The zero-order valence-corrected chi connectivity index (χ0v) is 14.8. The SMILES string of the molecule is O=C(O)[C@@H]1CN(Cc2ccc(OCc3ccc(F)cc3)cc2)C[C@H]1C(F)(F)F. The van der Waals surface area contributed by atoms with E-state index in [2.05, 4.69) is 0 Å². The van der Waals surface area contributed by atoms with Crippen LogP contribution < -0.4 is 4.74 Å². The van der Waals surface area contributed by atoms with Gasteiger partial charge in [-0.25, -0.2) is 4.39 Å². The van der Waals surface area contributed by atoms with Crippen LogP contribution in [0.1, 0.15) is 11.1 Å². The molecule has 3 rings (SSSR count). The van der Waals surface area contributed by atoms with E-state index in [4.69, 9.17) is 9.84 Å². The molecule has 0 saturated carbocycles. The lowest BCUT2D eigenvalue weighted by molar-refractivity contribution is -0.188. The van der Waals surface area contributed by atoms with Crippen molar-refractivity contribution in [1.82, 2.24) is 4.90 Å². The van der Waals surface area contributed by atoms with Gasteiger partial charge in [-0.2, -0.15) is 13.2 Å². The number of carbonyl (C=O) groups is 1. The number of carboxylic acids is 1. The lowest BCUT2D eigenvalue weighted by Gasteiger charge is -2.18. The summed E-state index contributed by atoms with van der Waals surface area (Å²) < 4.78 is 57.7. The van der Waals surface area contributed by atoms with E-state index < -0.39 is 24.0 Å². The maximum absolute atomic E-state index is 13.1. The number of hydrogen-bond acceptors (Lipinski definition) is 3. The van der Waals surface area contributed by atoms with E-state index >= 15 is 0 Å². The molecule has 0 spiro atoms. The molecular weight excluding hydrogens is 378 g/mol. The second-order valence-corrected chi connectivity index (χ2v) is 6.85. The molecule has 1 heterocycles. The Morgan fingerprint density at radius 1 is 1.04 bits per heavy atom. The minimum atomic E-state index is -4.53. The highest BCUT2D eigenvalue weighted by Gasteiger charge is 2.52. The molecule has 4 nitrogen and oxygen atoms in total. The number of aliphatic carboxylic acids is 1. The topological polar surface area (TPSA) is 49.8 Å². The zero-order chi connectivity index (χ0) is 20.3. The third-order valence-electron chi connectivity index (χ3n) is 4.78. The summed E-state index contributed by atoms with van der Waals surface area (Å²) in [6, 6.07) is 12.8. The van der Waals surface area contributed by atoms with Crippen LogP contribution in [0.2, 0.25) is 0 Å². The van der Waals surface area contributed by atoms with Crippen molar-refractivity contribution in [1.29, 1.82) is 0 Å². The molecule has 150 valence electrons. The molecule has 0 bridgehead atoms. The Bertz CT molecular complexity index is 806. The lowest BCUT2D eigenvalue weighted by atomic mass is 9.96. The monoisotopic (exact) mass is 397 g/mol. The standard InChI is InChI=1S/C20H19F4NO3/c21-15-5-1-14(2-6-15)12-28-16-7-3-13(4-8-16)9-25-10-17(19(26)27)18(11-25)20(22,23)24/h1-8,17-18H,9-12H2,(H,26,27)/t17-,18-/m1/s1. The number of halogens is 4. The summed E-state index contributed by atoms with van der Waals surface area (Å²) >= 11 is 0. The Labute approximate surface area is 159 Å². The molecule has 0 amide bonds. The summed E-state index contributed by atoms with van der Waals surface area (Å²) in [5.41, 5.74) is 1.57. The van der Waals surface area contributed by atoms with Gasteiger partial charge in [-0.1, -0.05) is 24.3 Å². The molecule has 1 saturated heterocycles. The van der Waals surface area contributed by atoms with Crippen molar-refractivity contribution in [2.45, 2.75) is 19.3 Å². The van der Waals surface area contributed by atoms with Crippen LogP contribution >= 0.6 is 0 Å². The van der Waals surface area contributed by atoms with E-state index in [1.54, 1.807) is 36.4 Å². The Hall–Kier alpha value is -2.61. The number of alkyl halides is 3. The summed E-state index contributed by atoms with van der Waals surface area (Å²) in [7, 11) is 0. The number of nitrogens with zero attached hydrogens (tertiary/aromatic N) is 1. The van der Waals surface area contributed by atoms with Crippen molar-refractivity contribution in [3.63, 3.8) is 0 Å². The van der Waals surface area contributed by atoms with Crippen LogP contribution in [0.4, 0.5) is 17.6 Å². The fourth-order valence-corrected chi connectivity index (χ4v) is 3.29. The molecule has 0 aromatic heterocycles. The third-order valence-corrected chi connectivity index (χ3v) is 4.78. The van der Waals surface area contributed by atoms with Crippen LogP contribution in [0.15, 0.2) is 48.5 Å². The largest absolute Gasteiger partial charge is 0.489 e. The zero-order valence-electron chi connectivity index (χ0n) is 14.8. The molecule has 2 aromatic rings. The van der Waals surface area contributed by atoms with Crippen molar-refractivity contribution in [3.05, 3.63) is 65.5 Å². The molecule has 0 radical (unpaired) electrons. The van der Waals surface area contributed by atoms with Crippen LogP contribution in [-0.2, 0) is 17.9 Å². The number of benzene rings is 2. The first-order chi connectivity index (χ1) is 13.2. The normalized spacial score (nSPS) is 20.3. The van der Waals surface area contributed by atoms with E-state index in [9.17, 15) is 22.4 Å². The Kier molecular flexibility index (Phi) is 5.88. The molecule has 0 unspecified atom stereocenters. The summed E-state index contributed by atoms with van der Waals surface area (Å²) in [6.45, 7) is 0.0273. The van der Waals surface area contributed by atoms with Gasteiger partial charge in [0, 0.05) is 19.6 Å². The molecule has 1 N–H and O–H groups in total.